The first-order chi connectivity index (χ1) is 6.77. The van der Waals surface area contributed by atoms with Crippen LogP contribution in [0.3, 0.4) is 0 Å². The molecule has 0 saturated heterocycles. The Labute approximate surface area is 131 Å². The van der Waals surface area contributed by atoms with Crippen LogP contribution in [-0.2, 0) is 4.79 Å². The summed E-state index contributed by atoms with van der Waals surface area (Å²) in [7, 11) is 0. The molecule has 0 fully saturated rings. The van der Waals surface area contributed by atoms with Crippen LogP contribution in [0.15, 0.2) is 30.5 Å². The fraction of sp³-hybridized carbons (Fsp3) is 0.0909. The van der Waals surface area contributed by atoms with Crippen molar-refractivity contribution in [3.05, 3.63) is 36.5 Å². The molecule has 0 atom stereocenters. The second-order valence-corrected chi connectivity index (χ2v) is 2.99. The minimum Gasteiger partial charge on any atom is -0.326 e. The van der Waals surface area contributed by atoms with Gasteiger partial charge in [0.15, 0.2) is 0 Å². The maximum absolute atomic E-state index is 10.9. The van der Waals surface area contributed by atoms with E-state index in [0.717, 1.165) is 16.6 Å². The van der Waals surface area contributed by atoms with E-state index in [4.69, 9.17) is 0 Å². The molecule has 0 aliphatic rings. The van der Waals surface area contributed by atoms with Gasteiger partial charge in [0.1, 0.15) is 0 Å². The molecule has 0 saturated carbocycles. The van der Waals surface area contributed by atoms with Gasteiger partial charge in [-0.15, -0.1) is 11.5 Å². The van der Waals surface area contributed by atoms with Gasteiger partial charge in [0, 0.05) is 18.1 Å². The van der Waals surface area contributed by atoms with Gasteiger partial charge in [0.05, 0.1) is 0 Å². The van der Waals surface area contributed by atoms with E-state index in [9.17, 15) is 4.79 Å². The van der Waals surface area contributed by atoms with Crippen molar-refractivity contribution in [3.63, 3.8) is 0 Å². The Bertz CT molecular complexity index is 479. The fourth-order valence-electron chi connectivity index (χ4n) is 1.34. The third-order valence-electron chi connectivity index (χ3n) is 1.88. The number of amides is 1. The molecule has 0 spiro atoms. The summed E-state index contributed by atoms with van der Waals surface area (Å²) >= 11 is 0. The van der Waals surface area contributed by atoms with Crippen molar-refractivity contribution in [2.45, 2.75) is 6.92 Å². The Morgan fingerprint density at radius 1 is 1.47 bits per heavy atom. The number of aromatic nitrogens is 1. The molecule has 1 amide bonds. The molecule has 15 heavy (non-hydrogen) atoms. The molecule has 1 N–H and O–H groups in total. The first kappa shape index (κ1) is 12.8. The Morgan fingerprint density at radius 2 is 2.27 bits per heavy atom. The summed E-state index contributed by atoms with van der Waals surface area (Å²) in [6.07, 6.45) is 1.59. The number of fused-ring (bicyclic) bond motifs is 1. The van der Waals surface area contributed by atoms with Crippen LogP contribution in [0, 0.1) is 6.07 Å². The van der Waals surface area contributed by atoms with E-state index in [1.807, 2.05) is 24.3 Å². The van der Waals surface area contributed by atoms with Gasteiger partial charge in [-0.05, 0) is 6.07 Å². The summed E-state index contributed by atoms with van der Waals surface area (Å²) < 4.78 is 0. The van der Waals surface area contributed by atoms with E-state index >= 15 is 0 Å². The number of carbonyl (C=O) groups is 1. The minimum absolute atomic E-state index is 0. The van der Waals surface area contributed by atoms with Crippen molar-refractivity contribution in [1.82, 2.24) is 4.98 Å². The maximum Gasteiger partial charge on any atom is 1.00 e. The van der Waals surface area contributed by atoms with Crippen molar-refractivity contribution in [1.29, 1.82) is 0 Å². The number of hydrogen-bond acceptors (Lipinski definition) is 2. The molecule has 70 valence electrons. The van der Waals surface area contributed by atoms with Crippen molar-refractivity contribution in [2.24, 2.45) is 0 Å². The van der Waals surface area contributed by atoms with Gasteiger partial charge in [-0.1, -0.05) is 12.3 Å². The number of pyridine rings is 1. The number of rotatable bonds is 1. The Kier molecular flexibility index (Phi) is 4.88. The normalized spacial score (nSPS) is 9.40. The number of carbonyl (C=O) groups excluding carboxylic acids is 1. The second kappa shape index (κ2) is 5.72. The standard InChI is InChI=1S/C11H9N2O.K/c1-8(14)13-10-6-2-4-9-5-3-7-12-11(9)10;/h2,4-7H,1H3,(H,13,14);/q-1;+1. The van der Waals surface area contributed by atoms with Crippen LogP contribution in [0.5, 0.6) is 0 Å². The van der Waals surface area contributed by atoms with E-state index in [1.54, 1.807) is 6.20 Å². The Hall–Kier alpha value is -0.264. The fourth-order valence-corrected chi connectivity index (χ4v) is 1.34. The molecule has 2 rings (SSSR count). The predicted molar refractivity (Wildman–Crippen MR) is 54.9 cm³/mol. The average Bonchev–Trinajstić information content (AvgIpc) is 2.18. The summed E-state index contributed by atoms with van der Waals surface area (Å²) in [6, 6.07) is 10.4. The molecule has 0 aliphatic carbocycles. The number of benzene rings is 1. The Morgan fingerprint density at radius 3 is 3.00 bits per heavy atom. The van der Waals surface area contributed by atoms with Gasteiger partial charge in [-0.25, -0.2) is 12.1 Å². The molecule has 4 heteroatoms. The molecule has 0 bridgehead atoms. The van der Waals surface area contributed by atoms with Gasteiger partial charge in [-0.2, -0.15) is 0 Å². The Balaban J connectivity index is 0.00000112. The van der Waals surface area contributed by atoms with E-state index in [1.165, 1.54) is 6.92 Å². The maximum atomic E-state index is 10.9. The third kappa shape index (κ3) is 3.09. The smallest absolute Gasteiger partial charge is 0.326 e. The minimum atomic E-state index is -0.0906. The largest absolute Gasteiger partial charge is 1.00 e. The zero-order valence-corrected chi connectivity index (χ0v) is 11.9. The topological polar surface area (TPSA) is 42.0 Å². The SMILES string of the molecule is CC(=O)Nc1cccc2c[c-]cnc12.[K+]. The van der Waals surface area contributed by atoms with E-state index in [2.05, 4.69) is 16.4 Å². The zero-order valence-electron chi connectivity index (χ0n) is 8.74. The molecular formula is C11H9KN2O. The van der Waals surface area contributed by atoms with Crippen LogP contribution < -0.4 is 56.7 Å². The average molecular weight is 224 g/mol. The number of anilines is 1. The van der Waals surface area contributed by atoms with Crippen LogP contribution in [0.1, 0.15) is 6.92 Å². The van der Waals surface area contributed by atoms with Gasteiger partial charge in [0.25, 0.3) is 0 Å². The molecule has 0 aliphatic heterocycles. The van der Waals surface area contributed by atoms with Crippen LogP contribution in [0.25, 0.3) is 10.9 Å². The van der Waals surface area contributed by atoms with E-state index in [0.29, 0.717) is 0 Å². The molecular weight excluding hydrogens is 215 g/mol. The number of nitrogens with one attached hydrogen (secondary N) is 1. The molecule has 1 heterocycles. The predicted octanol–water partition coefficient (Wildman–Crippen LogP) is -1.00. The number of nitrogens with zero attached hydrogens (tertiary/aromatic N) is 1. The first-order valence-electron chi connectivity index (χ1n) is 4.30. The number of hydrogen-bond donors (Lipinski definition) is 1. The van der Waals surface area contributed by atoms with Gasteiger partial charge >= 0.3 is 51.4 Å². The van der Waals surface area contributed by atoms with E-state index < -0.39 is 0 Å². The molecule has 1 aromatic carbocycles. The van der Waals surface area contributed by atoms with Crippen molar-refractivity contribution < 1.29 is 56.2 Å². The first-order valence-corrected chi connectivity index (χ1v) is 4.30. The van der Waals surface area contributed by atoms with Crippen molar-refractivity contribution in [3.8, 4) is 0 Å². The van der Waals surface area contributed by atoms with Gasteiger partial charge in [0.2, 0.25) is 5.91 Å². The van der Waals surface area contributed by atoms with Crippen LogP contribution >= 0.6 is 0 Å². The summed E-state index contributed by atoms with van der Waals surface area (Å²) in [5.41, 5.74) is 1.53. The second-order valence-electron chi connectivity index (χ2n) is 2.99. The number of para-hydroxylation sites is 1. The van der Waals surface area contributed by atoms with Gasteiger partial charge in [-0.3, -0.25) is 9.78 Å². The monoisotopic (exact) mass is 224 g/mol. The summed E-state index contributed by atoms with van der Waals surface area (Å²) in [5, 5.41) is 3.70. The summed E-state index contributed by atoms with van der Waals surface area (Å²) in [4.78, 5) is 15.1. The molecule has 0 unspecified atom stereocenters. The van der Waals surface area contributed by atoms with E-state index in [-0.39, 0.29) is 57.3 Å². The van der Waals surface area contributed by atoms with Crippen LogP contribution in [-0.4, -0.2) is 10.9 Å². The van der Waals surface area contributed by atoms with Crippen molar-refractivity contribution in [2.75, 3.05) is 5.32 Å². The quantitative estimate of drug-likeness (QED) is 0.498. The zero-order chi connectivity index (χ0) is 9.97. The van der Waals surface area contributed by atoms with Gasteiger partial charge < -0.3 is 5.32 Å². The molecule has 1 aromatic heterocycles. The summed E-state index contributed by atoms with van der Waals surface area (Å²) in [5.74, 6) is -0.0906. The molecule has 3 nitrogen and oxygen atoms in total. The van der Waals surface area contributed by atoms with Crippen LogP contribution in [0.4, 0.5) is 5.69 Å². The van der Waals surface area contributed by atoms with Crippen LogP contribution in [0.2, 0.25) is 0 Å². The van der Waals surface area contributed by atoms with Crippen molar-refractivity contribution >= 4 is 22.5 Å². The molecule has 0 radical (unpaired) electrons. The third-order valence-corrected chi connectivity index (χ3v) is 1.88. The molecule has 2 aromatic rings. The summed E-state index contributed by atoms with van der Waals surface area (Å²) in [6.45, 7) is 1.48.